The van der Waals surface area contributed by atoms with Gasteiger partial charge in [-0.15, -0.1) is 10.2 Å². The normalized spacial score (nSPS) is 10.9. The van der Waals surface area contributed by atoms with Crippen LogP contribution < -0.4 is 10.1 Å². The highest BCUT2D eigenvalue weighted by molar-refractivity contribution is 7.15. The number of carbonyl (C=O) groups excluding carboxylic acids is 1. The molecular formula is C20H18ClN3O2S. The molecule has 0 fully saturated rings. The van der Waals surface area contributed by atoms with E-state index in [1.807, 2.05) is 55.5 Å². The predicted molar refractivity (Wildman–Crippen MR) is 109 cm³/mol. The first-order valence-corrected chi connectivity index (χ1v) is 9.60. The van der Waals surface area contributed by atoms with Crippen molar-refractivity contribution in [1.82, 2.24) is 10.2 Å². The van der Waals surface area contributed by atoms with Gasteiger partial charge in [0, 0.05) is 17.5 Å². The molecule has 0 aliphatic carbocycles. The number of amides is 1. The summed E-state index contributed by atoms with van der Waals surface area (Å²) in [6, 6.07) is 15.1. The zero-order valence-electron chi connectivity index (χ0n) is 14.7. The average molecular weight is 400 g/mol. The molecular weight excluding hydrogens is 382 g/mol. The van der Waals surface area contributed by atoms with Crippen LogP contribution >= 0.6 is 22.9 Å². The summed E-state index contributed by atoms with van der Waals surface area (Å²) in [4.78, 5) is 12.1. The Morgan fingerprint density at radius 1 is 1.15 bits per heavy atom. The number of nitrogens with one attached hydrogen (secondary N) is 1. The Bertz CT molecular complexity index is 921. The van der Waals surface area contributed by atoms with Crippen LogP contribution in [0.4, 0.5) is 5.13 Å². The molecule has 0 saturated heterocycles. The molecule has 1 aromatic heterocycles. The number of ether oxygens (including phenoxy) is 1. The zero-order chi connectivity index (χ0) is 19.1. The van der Waals surface area contributed by atoms with E-state index in [2.05, 4.69) is 15.5 Å². The number of aromatic nitrogens is 2. The molecule has 27 heavy (non-hydrogen) atoms. The maximum atomic E-state index is 12.1. The largest absolute Gasteiger partial charge is 0.494 e. The number of nitrogens with zero attached hydrogens (tertiary/aromatic N) is 2. The van der Waals surface area contributed by atoms with Crippen LogP contribution in [-0.4, -0.2) is 22.7 Å². The Morgan fingerprint density at radius 3 is 2.59 bits per heavy atom. The molecule has 0 aliphatic rings. The minimum absolute atomic E-state index is 0.252. The van der Waals surface area contributed by atoms with Crippen molar-refractivity contribution in [3.05, 3.63) is 75.8 Å². The van der Waals surface area contributed by atoms with Gasteiger partial charge in [0.1, 0.15) is 10.8 Å². The molecule has 0 unspecified atom stereocenters. The van der Waals surface area contributed by atoms with Crippen molar-refractivity contribution in [2.24, 2.45) is 0 Å². The third kappa shape index (κ3) is 5.91. The first-order valence-electron chi connectivity index (χ1n) is 8.41. The van der Waals surface area contributed by atoms with Crippen LogP contribution in [0.3, 0.4) is 0 Å². The van der Waals surface area contributed by atoms with E-state index in [0.717, 1.165) is 21.9 Å². The summed E-state index contributed by atoms with van der Waals surface area (Å²) < 4.78 is 5.39. The van der Waals surface area contributed by atoms with Crippen molar-refractivity contribution in [3.8, 4) is 5.75 Å². The summed E-state index contributed by atoms with van der Waals surface area (Å²) in [6.07, 6.45) is 3.85. The van der Waals surface area contributed by atoms with E-state index in [4.69, 9.17) is 16.3 Å². The van der Waals surface area contributed by atoms with Gasteiger partial charge in [0.25, 0.3) is 0 Å². The van der Waals surface area contributed by atoms with Crippen molar-refractivity contribution in [3.63, 3.8) is 0 Å². The molecule has 1 N–H and O–H groups in total. The van der Waals surface area contributed by atoms with Gasteiger partial charge >= 0.3 is 0 Å². The molecule has 138 valence electrons. The van der Waals surface area contributed by atoms with E-state index in [0.29, 0.717) is 23.2 Å². The summed E-state index contributed by atoms with van der Waals surface area (Å²) in [5.74, 6) is 0.555. The van der Waals surface area contributed by atoms with E-state index in [1.54, 1.807) is 6.08 Å². The summed E-state index contributed by atoms with van der Waals surface area (Å²) in [5.41, 5.74) is 2.00. The Hall–Kier alpha value is -2.70. The number of carbonyl (C=O) groups is 1. The first kappa shape index (κ1) is 19.1. The van der Waals surface area contributed by atoms with Gasteiger partial charge in [-0.05, 0) is 48.4 Å². The van der Waals surface area contributed by atoms with Crippen LogP contribution in [0.2, 0.25) is 5.02 Å². The summed E-state index contributed by atoms with van der Waals surface area (Å²) in [5, 5.41) is 12.9. The predicted octanol–water partition coefficient (Wildman–Crippen LogP) is 4.83. The van der Waals surface area contributed by atoms with E-state index in [1.165, 1.54) is 17.4 Å². The lowest BCUT2D eigenvalue weighted by atomic mass is 10.2. The van der Waals surface area contributed by atoms with Crippen molar-refractivity contribution in [1.29, 1.82) is 0 Å². The van der Waals surface area contributed by atoms with Gasteiger partial charge in [0.2, 0.25) is 11.0 Å². The van der Waals surface area contributed by atoms with Crippen molar-refractivity contribution < 1.29 is 9.53 Å². The van der Waals surface area contributed by atoms with Gasteiger partial charge in [0.05, 0.1) is 6.61 Å². The molecule has 3 aromatic rings. The SMILES string of the molecule is CCOc1ccc(/C=C/C(=O)Nc2nnc(Cc3ccc(Cl)cc3)s2)cc1. The highest BCUT2D eigenvalue weighted by Gasteiger charge is 2.07. The number of anilines is 1. The van der Waals surface area contributed by atoms with Crippen molar-refractivity contribution >= 4 is 40.1 Å². The molecule has 0 radical (unpaired) electrons. The fourth-order valence-corrected chi connectivity index (χ4v) is 3.22. The Balaban J connectivity index is 1.54. The minimum Gasteiger partial charge on any atom is -0.494 e. The van der Waals surface area contributed by atoms with Gasteiger partial charge in [-0.1, -0.05) is 47.2 Å². The molecule has 0 spiro atoms. The monoisotopic (exact) mass is 399 g/mol. The Kier molecular flexibility index (Phi) is 6.57. The third-order valence-corrected chi connectivity index (χ3v) is 4.67. The summed E-state index contributed by atoms with van der Waals surface area (Å²) in [6.45, 7) is 2.56. The topological polar surface area (TPSA) is 64.1 Å². The van der Waals surface area contributed by atoms with Crippen LogP contribution in [0.1, 0.15) is 23.1 Å². The number of hydrogen-bond acceptors (Lipinski definition) is 5. The fourth-order valence-electron chi connectivity index (χ4n) is 2.31. The second-order valence-corrected chi connectivity index (χ2v) is 7.13. The average Bonchev–Trinajstić information content (AvgIpc) is 3.10. The highest BCUT2D eigenvalue weighted by Crippen LogP contribution is 2.20. The summed E-state index contributed by atoms with van der Waals surface area (Å²) in [7, 11) is 0. The standard InChI is InChI=1S/C20H18ClN3O2S/c1-2-26-17-10-5-14(6-11-17)7-12-18(25)22-20-24-23-19(27-20)13-15-3-8-16(21)9-4-15/h3-12H,2,13H2,1H3,(H,22,24,25)/b12-7+. The Labute approximate surface area is 166 Å². The molecule has 0 saturated carbocycles. The van der Waals surface area contributed by atoms with Crippen molar-refractivity contribution in [2.45, 2.75) is 13.3 Å². The van der Waals surface area contributed by atoms with Crippen LogP contribution in [0.15, 0.2) is 54.6 Å². The van der Waals surface area contributed by atoms with E-state index in [9.17, 15) is 4.79 Å². The molecule has 5 nitrogen and oxygen atoms in total. The van der Waals surface area contributed by atoms with Gasteiger partial charge in [-0.3, -0.25) is 10.1 Å². The minimum atomic E-state index is -0.252. The lowest BCUT2D eigenvalue weighted by molar-refractivity contribution is -0.111. The quantitative estimate of drug-likeness (QED) is 0.578. The molecule has 3 rings (SSSR count). The first-order chi connectivity index (χ1) is 13.1. The molecule has 0 atom stereocenters. The van der Waals surface area contributed by atoms with E-state index in [-0.39, 0.29) is 5.91 Å². The van der Waals surface area contributed by atoms with Gasteiger partial charge < -0.3 is 4.74 Å². The second-order valence-electron chi connectivity index (χ2n) is 5.63. The van der Waals surface area contributed by atoms with Crippen LogP contribution in [0.5, 0.6) is 5.75 Å². The second kappa shape index (κ2) is 9.30. The van der Waals surface area contributed by atoms with Crippen molar-refractivity contribution in [2.75, 3.05) is 11.9 Å². The number of rotatable bonds is 7. The lowest BCUT2D eigenvalue weighted by Crippen LogP contribution is -2.07. The van der Waals surface area contributed by atoms with Crippen LogP contribution in [0.25, 0.3) is 6.08 Å². The maximum Gasteiger partial charge on any atom is 0.250 e. The molecule has 0 bridgehead atoms. The number of benzene rings is 2. The number of halogens is 1. The van der Waals surface area contributed by atoms with Crippen LogP contribution in [-0.2, 0) is 11.2 Å². The molecule has 1 amide bonds. The van der Waals surface area contributed by atoms with Gasteiger partial charge in [-0.2, -0.15) is 0 Å². The third-order valence-electron chi connectivity index (χ3n) is 3.58. The molecule has 1 heterocycles. The Morgan fingerprint density at radius 2 is 1.89 bits per heavy atom. The van der Waals surface area contributed by atoms with E-state index < -0.39 is 0 Å². The fraction of sp³-hybridized carbons (Fsp3) is 0.150. The molecule has 0 aliphatic heterocycles. The van der Waals surface area contributed by atoms with Gasteiger partial charge in [0.15, 0.2) is 0 Å². The van der Waals surface area contributed by atoms with E-state index >= 15 is 0 Å². The highest BCUT2D eigenvalue weighted by atomic mass is 35.5. The molecule has 2 aromatic carbocycles. The maximum absolute atomic E-state index is 12.1. The molecule has 7 heteroatoms. The van der Waals surface area contributed by atoms with Crippen LogP contribution in [0, 0.1) is 0 Å². The van der Waals surface area contributed by atoms with Gasteiger partial charge in [-0.25, -0.2) is 0 Å². The lowest BCUT2D eigenvalue weighted by Gasteiger charge is -2.02. The smallest absolute Gasteiger partial charge is 0.250 e. The summed E-state index contributed by atoms with van der Waals surface area (Å²) >= 11 is 7.24. The zero-order valence-corrected chi connectivity index (χ0v) is 16.3. The number of hydrogen-bond donors (Lipinski definition) is 1.